The molecule has 0 spiro atoms. The van der Waals surface area contributed by atoms with E-state index in [0.29, 0.717) is 18.5 Å². The molecule has 1 aliphatic rings. The van der Waals surface area contributed by atoms with Gasteiger partial charge in [-0.25, -0.2) is 0 Å². The van der Waals surface area contributed by atoms with Gasteiger partial charge >= 0.3 is 0 Å². The quantitative estimate of drug-likeness (QED) is 0.795. The molecule has 0 aromatic heterocycles. The maximum atomic E-state index is 12.3. The van der Waals surface area contributed by atoms with Gasteiger partial charge in [0.05, 0.1) is 13.1 Å². The summed E-state index contributed by atoms with van der Waals surface area (Å²) in [6.45, 7) is 4.86. The van der Waals surface area contributed by atoms with Crippen molar-refractivity contribution in [3.63, 3.8) is 0 Å². The maximum Gasteiger partial charge on any atom is 0.242 e. The summed E-state index contributed by atoms with van der Waals surface area (Å²) in [6.07, 6.45) is 2.08. The second-order valence-corrected chi connectivity index (χ2v) is 6.13. The van der Waals surface area contributed by atoms with Crippen LogP contribution in [0.5, 0.6) is 0 Å². The van der Waals surface area contributed by atoms with Crippen molar-refractivity contribution in [2.24, 2.45) is 5.73 Å². The number of carbonyl (C=O) groups is 2. The summed E-state index contributed by atoms with van der Waals surface area (Å²) in [5.74, 6) is 0.157. The first-order chi connectivity index (χ1) is 10.5. The number of halogens is 1. The van der Waals surface area contributed by atoms with Crippen LogP contribution in [-0.4, -0.2) is 35.8 Å². The number of amides is 2. The number of nitrogens with two attached hydrogens (primary N) is 1. The van der Waals surface area contributed by atoms with E-state index >= 15 is 0 Å². The van der Waals surface area contributed by atoms with Crippen molar-refractivity contribution in [2.75, 3.05) is 13.1 Å². The zero-order valence-corrected chi connectivity index (χ0v) is 14.6. The van der Waals surface area contributed by atoms with Crippen molar-refractivity contribution >= 4 is 24.2 Å². The van der Waals surface area contributed by atoms with Gasteiger partial charge in [-0.2, -0.15) is 0 Å². The summed E-state index contributed by atoms with van der Waals surface area (Å²) in [6, 6.07) is 8.71. The highest BCUT2D eigenvalue weighted by Gasteiger charge is 2.32. The Labute approximate surface area is 144 Å². The van der Waals surface area contributed by atoms with E-state index in [-0.39, 0.29) is 37.3 Å². The third-order valence-corrected chi connectivity index (χ3v) is 3.93. The molecule has 0 bridgehead atoms. The van der Waals surface area contributed by atoms with E-state index in [9.17, 15) is 9.59 Å². The predicted molar refractivity (Wildman–Crippen MR) is 93.4 cm³/mol. The van der Waals surface area contributed by atoms with Crippen LogP contribution < -0.4 is 11.1 Å². The number of nitrogens with zero attached hydrogens (tertiary/aromatic N) is 1. The fourth-order valence-corrected chi connectivity index (χ4v) is 2.36. The third-order valence-electron chi connectivity index (χ3n) is 3.93. The average Bonchev–Trinajstić information content (AvgIpc) is 3.35. The number of rotatable bonds is 7. The molecular formula is C17H26ClN3O2. The monoisotopic (exact) mass is 339 g/mol. The summed E-state index contributed by atoms with van der Waals surface area (Å²) in [7, 11) is 0. The minimum Gasteiger partial charge on any atom is -0.346 e. The lowest BCUT2D eigenvalue weighted by Gasteiger charge is -2.23. The summed E-state index contributed by atoms with van der Waals surface area (Å²) in [5.41, 5.74) is 7.65. The first-order valence-electron chi connectivity index (χ1n) is 7.86. The fourth-order valence-electron chi connectivity index (χ4n) is 2.36. The summed E-state index contributed by atoms with van der Waals surface area (Å²) < 4.78 is 0. The number of hydrogen-bond donors (Lipinski definition) is 2. The van der Waals surface area contributed by atoms with E-state index in [2.05, 4.69) is 43.4 Å². The lowest BCUT2D eigenvalue weighted by atomic mass is 10.0. The third kappa shape index (κ3) is 5.84. The van der Waals surface area contributed by atoms with Crippen molar-refractivity contribution in [1.82, 2.24) is 10.2 Å². The average molecular weight is 340 g/mol. The summed E-state index contributed by atoms with van der Waals surface area (Å²) >= 11 is 0. The molecule has 1 saturated carbocycles. The SMILES string of the molecule is CC(C)c1ccc(CN(C(=O)CNC(=O)CN)C2CC2)cc1.Cl. The van der Waals surface area contributed by atoms with Crippen molar-refractivity contribution < 1.29 is 9.59 Å². The highest BCUT2D eigenvalue weighted by atomic mass is 35.5. The second-order valence-electron chi connectivity index (χ2n) is 6.13. The van der Waals surface area contributed by atoms with E-state index in [0.717, 1.165) is 18.4 Å². The molecule has 6 heteroatoms. The van der Waals surface area contributed by atoms with Crippen molar-refractivity contribution in [1.29, 1.82) is 0 Å². The molecule has 0 radical (unpaired) electrons. The molecule has 1 aromatic carbocycles. The minimum absolute atomic E-state index is 0. The van der Waals surface area contributed by atoms with E-state index < -0.39 is 0 Å². The predicted octanol–water partition coefficient (Wildman–Crippen LogP) is 1.80. The van der Waals surface area contributed by atoms with Crippen LogP contribution in [0.2, 0.25) is 0 Å². The molecule has 1 aromatic rings. The Hall–Kier alpha value is -1.59. The molecule has 3 N–H and O–H groups in total. The summed E-state index contributed by atoms with van der Waals surface area (Å²) in [4.78, 5) is 25.3. The van der Waals surface area contributed by atoms with Crippen molar-refractivity contribution in [3.05, 3.63) is 35.4 Å². The molecule has 23 heavy (non-hydrogen) atoms. The Morgan fingerprint density at radius 3 is 2.35 bits per heavy atom. The van der Waals surface area contributed by atoms with Crippen LogP contribution in [0.15, 0.2) is 24.3 Å². The molecule has 5 nitrogen and oxygen atoms in total. The molecule has 1 fully saturated rings. The lowest BCUT2D eigenvalue weighted by Crippen LogP contribution is -2.42. The number of hydrogen-bond acceptors (Lipinski definition) is 3. The van der Waals surface area contributed by atoms with Crippen LogP contribution in [0.25, 0.3) is 0 Å². The topological polar surface area (TPSA) is 75.4 Å². The van der Waals surface area contributed by atoms with Gasteiger partial charge in [0.25, 0.3) is 0 Å². The minimum atomic E-state index is -0.301. The smallest absolute Gasteiger partial charge is 0.242 e. The summed E-state index contributed by atoms with van der Waals surface area (Å²) in [5, 5.41) is 2.55. The van der Waals surface area contributed by atoms with E-state index in [4.69, 9.17) is 5.73 Å². The molecule has 0 atom stereocenters. The van der Waals surface area contributed by atoms with Crippen LogP contribution in [0.4, 0.5) is 0 Å². The number of benzene rings is 1. The second kappa shape index (κ2) is 8.89. The lowest BCUT2D eigenvalue weighted by molar-refractivity contribution is -0.133. The van der Waals surface area contributed by atoms with Crippen LogP contribution in [-0.2, 0) is 16.1 Å². The van der Waals surface area contributed by atoms with Gasteiger partial charge in [-0.15, -0.1) is 12.4 Å². The van der Waals surface area contributed by atoms with Gasteiger partial charge in [-0.1, -0.05) is 38.1 Å². The highest BCUT2D eigenvalue weighted by Crippen LogP contribution is 2.28. The molecule has 0 heterocycles. The Morgan fingerprint density at radius 2 is 1.87 bits per heavy atom. The highest BCUT2D eigenvalue weighted by molar-refractivity contribution is 5.86. The Bertz CT molecular complexity index is 527. The van der Waals surface area contributed by atoms with Gasteiger partial charge in [0, 0.05) is 12.6 Å². The largest absolute Gasteiger partial charge is 0.346 e. The van der Waals surface area contributed by atoms with Gasteiger partial charge < -0.3 is 16.0 Å². The van der Waals surface area contributed by atoms with Gasteiger partial charge in [0.15, 0.2) is 0 Å². The van der Waals surface area contributed by atoms with E-state index in [1.165, 1.54) is 5.56 Å². The van der Waals surface area contributed by atoms with Gasteiger partial charge in [-0.3, -0.25) is 9.59 Å². The molecule has 2 rings (SSSR count). The van der Waals surface area contributed by atoms with Gasteiger partial charge in [0.1, 0.15) is 0 Å². The molecule has 1 aliphatic carbocycles. The zero-order valence-electron chi connectivity index (χ0n) is 13.7. The van der Waals surface area contributed by atoms with Crippen molar-refractivity contribution in [3.8, 4) is 0 Å². The molecule has 2 amide bonds. The van der Waals surface area contributed by atoms with Crippen molar-refractivity contribution in [2.45, 2.75) is 45.2 Å². The Morgan fingerprint density at radius 1 is 1.26 bits per heavy atom. The maximum absolute atomic E-state index is 12.3. The first kappa shape index (κ1) is 19.5. The number of carbonyl (C=O) groups excluding carboxylic acids is 2. The van der Waals surface area contributed by atoms with Gasteiger partial charge in [-0.05, 0) is 29.9 Å². The molecular weight excluding hydrogens is 314 g/mol. The molecule has 128 valence electrons. The molecule has 0 saturated heterocycles. The first-order valence-corrected chi connectivity index (χ1v) is 7.86. The van der Waals surface area contributed by atoms with E-state index in [1.807, 2.05) is 4.90 Å². The number of nitrogens with one attached hydrogen (secondary N) is 1. The fraction of sp³-hybridized carbons (Fsp3) is 0.529. The van der Waals surface area contributed by atoms with Gasteiger partial charge in [0.2, 0.25) is 11.8 Å². The standard InChI is InChI=1S/C17H25N3O2.ClH/c1-12(2)14-5-3-13(4-6-14)11-20(15-7-8-15)17(22)10-19-16(21)9-18;/h3-6,12,15H,7-11,18H2,1-2H3,(H,19,21);1H. The zero-order chi connectivity index (χ0) is 16.1. The molecule has 0 aliphatic heterocycles. The van der Waals surface area contributed by atoms with Crippen LogP contribution in [0.3, 0.4) is 0 Å². The Kier molecular flexibility index (Phi) is 7.52. The van der Waals surface area contributed by atoms with Crippen LogP contribution >= 0.6 is 12.4 Å². The van der Waals surface area contributed by atoms with E-state index in [1.54, 1.807) is 0 Å². The van der Waals surface area contributed by atoms with Crippen LogP contribution in [0.1, 0.15) is 43.7 Å². The normalized spacial score (nSPS) is 13.4. The van der Waals surface area contributed by atoms with Crippen LogP contribution in [0, 0.1) is 0 Å². The Balaban J connectivity index is 0.00000264. The molecule has 0 unspecified atom stereocenters.